The van der Waals surface area contributed by atoms with Gasteiger partial charge in [-0.05, 0) is 56.2 Å². The number of benzene rings is 1. The number of amides is 1. The van der Waals surface area contributed by atoms with E-state index in [-0.39, 0.29) is 5.91 Å². The number of hydrogen-bond donors (Lipinski definition) is 2. The molecule has 2 aliphatic rings. The van der Waals surface area contributed by atoms with Gasteiger partial charge >= 0.3 is 0 Å². The summed E-state index contributed by atoms with van der Waals surface area (Å²) in [6, 6.07) is 8.21. The molecule has 2 heterocycles. The van der Waals surface area contributed by atoms with Crippen molar-refractivity contribution in [3.05, 3.63) is 45.4 Å². The zero-order valence-corrected chi connectivity index (χ0v) is 18.6. The van der Waals surface area contributed by atoms with E-state index in [1.165, 1.54) is 40.4 Å². The summed E-state index contributed by atoms with van der Waals surface area (Å²) in [7, 11) is 1.80. The van der Waals surface area contributed by atoms with Crippen LogP contribution in [0, 0.1) is 0 Å². The molecule has 1 fully saturated rings. The maximum absolute atomic E-state index is 11.9. The van der Waals surface area contributed by atoms with Gasteiger partial charge in [0.05, 0.1) is 10.7 Å². The van der Waals surface area contributed by atoms with Crippen molar-refractivity contribution < 1.29 is 4.79 Å². The summed E-state index contributed by atoms with van der Waals surface area (Å²) in [6.07, 6.45) is 8.68. The number of thiazole rings is 1. The van der Waals surface area contributed by atoms with Crippen LogP contribution < -0.4 is 15.5 Å². The maximum atomic E-state index is 11.9. The molecule has 1 aromatic carbocycles. The van der Waals surface area contributed by atoms with E-state index in [0.717, 1.165) is 50.4 Å². The van der Waals surface area contributed by atoms with E-state index in [1.54, 1.807) is 7.05 Å². The van der Waals surface area contributed by atoms with Gasteiger partial charge in [0.15, 0.2) is 5.96 Å². The monoisotopic (exact) mass is 425 g/mol. The van der Waals surface area contributed by atoms with E-state index in [0.29, 0.717) is 13.0 Å². The smallest absolute Gasteiger partial charge is 0.227 e. The van der Waals surface area contributed by atoms with Crippen LogP contribution in [0.5, 0.6) is 0 Å². The van der Waals surface area contributed by atoms with Crippen molar-refractivity contribution in [1.82, 2.24) is 15.6 Å². The molecule has 0 spiro atoms. The Kier molecular flexibility index (Phi) is 7.00. The van der Waals surface area contributed by atoms with Crippen LogP contribution in [-0.2, 0) is 30.6 Å². The number of aromatic nitrogens is 1. The van der Waals surface area contributed by atoms with Gasteiger partial charge in [-0.25, -0.2) is 4.98 Å². The molecule has 1 aliphatic carbocycles. The highest BCUT2D eigenvalue weighted by molar-refractivity contribution is 7.11. The number of anilines is 1. The van der Waals surface area contributed by atoms with Crippen molar-refractivity contribution in [1.29, 1.82) is 0 Å². The van der Waals surface area contributed by atoms with E-state index in [9.17, 15) is 4.79 Å². The van der Waals surface area contributed by atoms with Crippen molar-refractivity contribution in [2.75, 3.05) is 25.0 Å². The molecule has 0 unspecified atom stereocenters. The van der Waals surface area contributed by atoms with E-state index < -0.39 is 0 Å². The fraction of sp³-hybridized carbons (Fsp3) is 0.522. The Hall–Kier alpha value is -2.41. The van der Waals surface area contributed by atoms with Crippen LogP contribution in [0.4, 0.5) is 5.69 Å². The SMILES string of the molecule is CN=C(NCCCc1nc2c(s1)CCCC2)NCc1ccc(N2CCCC2=O)cc1. The molecular formula is C23H31N5OS. The first-order valence-corrected chi connectivity index (χ1v) is 11.9. The summed E-state index contributed by atoms with van der Waals surface area (Å²) in [6.45, 7) is 2.41. The lowest BCUT2D eigenvalue weighted by molar-refractivity contribution is -0.117. The van der Waals surface area contributed by atoms with Gasteiger partial charge in [-0.3, -0.25) is 9.79 Å². The van der Waals surface area contributed by atoms with Gasteiger partial charge in [0.25, 0.3) is 0 Å². The van der Waals surface area contributed by atoms with Crippen molar-refractivity contribution in [3.63, 3.8) is 0 Å². The topological polar surface area (TPSA) is 69.6 Å². The lowest BCUT2D eigenvalue weighted by Crippen LogP contribution is -2.37. The molecule has 7 heteroatoms. The van der Waals surface area contributed by atoms with Gasteiger partial charge in [0.2, 0.25) is 5.91 Å². The molecule has 4 rings (SSSR count). The first-order chi connectivity index (χ1) is 14.7. The van der Waals surface area contributed by atoms with Crippen LogP contribution >= 0.6 is 11.3 Å². The average Bonchev–Trinajstić information content (AvgIpc) is 3.39. The molecule has 160 valence electrons. The van der Waals surface area contributed by atoms with Crippen LogP contribution in [0.25, 0.3) is 0 Å². The number of aryl methyl sites for hydroxylation is 3. The second-order valence-corrected chi connectivity index (χ2v) is 9.12. The quantitative estimate of drug-likeness (QED) is 0.405. The van der Waals surface area contributed by atoms with Crippen LogP contribution in [0.3, 0.4) is 0 Å². The maximum Gasteiger partial charge on any atom is 0.227 e. The first kappa shape index (κ1) is 20.8. The molecule has 30 heavy (non-hydrogen) atoms. The molecule has 2 aromatic rings. The van der Waals surface area contributed by atoms with Gasteiger partial charge in [-0.2, -0.15) is 0 Å². The van der Waals surface area contributed by atoms with Gasteiger partial charge in [0.1, 0.15) is 0 Å². The minimum absolute atomic E-state index is 0.225. The Morgan fingerprint density at radius 3 is 2.70 bits per heavy atom. The molecule has 1 saturated heterocycles. The normalized spacial score (nSPS) is 16.6. The highest BCUT2D eigenvalue weighted by atomic mass is 32.1. The number of aliphatic imine (C=N–C) groups is 1. The van der Waals surface area contributed by atoms with E-state index in [2.05, 4.69) is 27.8 Å². The number of carbonyl (C=O) groups excluding carboxylic acids is 1. The summed E-state index contributed by atoms with van der Waals surface area (Å²) in [5, 5.41) is 8.04. The molecule has 0 saturated carbocycles. The second-order valence-electron chi connectivity index (χ2n) is 7.96. The fourth-order valence-electron chi connectivity index (χ4n) is 4.08. The minimum atomic E-state index is 0.225. The van der Waals surface area contributed by atoms with E-state index >= 15 is 0 Å². The number of nitrogens with zero attached hydrogens (tertiary/aromatic N) is 3. The lowest BCUT2D eigenvalue weighted by atomic mass is 10.0. The Morgan fingerprint density at radius 2 is 1.97 bits per heavy atom. The number of carbonyl (C=O) groups is 1. The molecule has 0 radical (unpaired) electrons. The molecule has 0 bridgehead atoms. The number of nitrogens with one attached hydrogen (secondary N) is 2. The third-order valence-corrected chi connectivity index (χ3v) is 6.97. The minimum Gasteiger partial charge on any atom is -0.356 e. The molecular weight excluding hydrogens is 394 g/mol. The molecule has 1 aromatic heterocycles. The summed E-state index contributed by atoms with van der Waals surface area (Å²) < 4.78 is 0. The standard InChI is InChI=1S/C23H31N5OS/c1-24-23(25-14-4-8-21-27-19-6-2-3-7-20(19)30-21)26-16-17-10-12-18(13-11-17)28-15-5-9-22(28)29/h10-13H,2-9,14-16H2,1H3,(H2,24,25,26). The average molecular weight is 426 g/mol. The number of fused-ring (bicyclic) bond motifs is 1. The second kappa shape index (κ2) is 10.1. The molecule has 1 amide bonds. The zero-order chi connectivity index (χ0) is 20.8. The van der Waals surface area contributed by atoms with E-state index in [1.807, 2.05) is 28.4 Å². The van der Waals surface area contributed by atoms with Crippen LogP contribution in [0.1, 0.15) is 53.2 Å². The van der Waals surface area contributed by atoms with Crippen molar-refractivity contribution >= 4 is 28.9 Å². The third kappa shape index (κ3) is 5.19. The summed E-state index contributed by atoms with van der Waals surface area (Å²) in [5.74, 6) is 1.04. The molecule has 0 atom stereocenters. The van der Waals surface area contributed by atoms with Crippen LogP contribution in [-0.4, -0.2) is 37.0 Å². The summed E-state index contributed by atoms with van der Waals surface area (Å²) in [5.41, 5.74) is 3.51. The number of guanidine groups is 1. The fourth-order valence-corrected chi connectivity index (χ4v) is 5.28. The predicted molar refractivity (Wildman–Crippen MR) is 123 cm³/mol. The third-order valence-electron chi connectivity index (χ3n) is 5.75. The van der Waals surface area contributed by atoms with E-state index in [4.69, 9.17) is 4.98 Å². The summed E-state index contributed by atoms with van der Waals surface area (Å²) >= 11 is 1.91. The first-order valence-electron chi connectivity index (χ1n) is 11.0. The van der Waals surface area contributed by atoms with Gasteiger partial charge in [-0.1, -0.05) is 12.1 Å². The van der Waals surface area contributed by atoms with Crippen molar-refractivity contribution in [2.45, 2.75) is 57.9 Å². The number of rotatable bonds is 7. The molecule has 1 aliphatic heterocycles. The summed E-state index contributed by atoms with van der Waals surface area (Å²) in [4.78, 5) is 24.4. The molecule has 2 N–H and O–H groups in total. The largest absolute Gasteiger partial charge is 0.356 e. The Labute approximate surface area is 182 Å². The predicted octanol–water partition coefficient (Wildman–Crippen LogP) is 3.45. The Morgan fingerprint density at radius 1 is 1.13 bits per heavy atom. The molecule has 6 nitrogen and oxygen atoms in total. The van der Waals surface area contributed by atoms with Crippen molar-refractivity contribution in [3.8, 4) is 0 Å². The van der Waals surface area contributed by atoms with Crippen molar-refractivity contribution in [2.24, 2.45) is 4.99 Å². The number of hydrogen-bond acceptors (Lipinski definition) is 4. The highest BCUT2D eigenvalue weighted by Crippen LogP contribution is 2.27. The Balaban J connectivity index is 1.18. The highest BCUT2D eigenvalue weighted by Gasteiger charge is 2.21. The van der Waals surface area contributed by atoms with Gasteiger partial charge in [0, 0.05) is 50.1 Å². The van der Waals surface area contributed by atoms with Gasteiger partial charge < -0.3 is 15.5 Å². The van der Waals surface area contributed by atoms with Crippen LogP contribution in [0.15, 0.2) is 29.3 Å². The Bertz CT molecular complexity index is 866. The lowest BCUT2D eigenvalue weighted by Gasteiger charge is -2.16. The van der Waals surface area contributed by atoms with Gasteiger partial charge in [-0.15, -0.1) is 11.3 Å². The zero-order valence-electron chi connectivity index (χ0n) is 17.7. The van der Waals surface area contributed by atoms with Crippen LogP contribution in [0.2, 0.25) is 0 Å².